The molecule has 5 nitrogen and oxygen atoms in total. The third kappa shape index (κ3) is 5.07. The van der Waals surface area contributed by atoms with E-state index in [9.17, 15) is 4.79 Å². The summed E-state index contributed by atoms with van der Waals surface area (Å²) in [4.78, 5) is 18.7. The summed E-state index contributed by atoms with van der Waals surface area (Å²) >= 11 is 0. The van der Waals surface area contributed by atoms with E-state index in [0.29, 0.717) is 19.7 Å². The van der Waals surface area contributed by atoms with Crippen LogP contribution in [-0.4, -0.2) is 36.2 Å². The highest BCUT2D eigenvalue weighted by Gasteiger charge is 2.22. The minimum atomic E-state index is -0.126. The summed E-state index contributed by atoms with van der Waals surface area (Å²) < 4.78 is 4.99. The molecule has 0 saturated heterocycles. The number of amides is 2. The molecule has 1 heterocycles. The van der Waals surface area contributed by atoms with Gasteiger partial charge in [0.25, 0.3) is 0 Å². The quantitative estimate of drug-likeness (QED) is 0.800. The maximum Gasteiger partial charge on any atom is 0.318 e. The molecule has 0 radical (unpaired) electrons. The first-order valence-corrected chi connectivity index (χ1v) is 7.70. The first kappa shape index (κ1) is 17.0. The predicted molar refractivity (Wildman–Crippen MR) is 89.9 cm³/mol. The van der Waals surface area contributed by atoms with Crippen molar-refractivity contribution in [1.82, 2.24) is 15.2 Å². The number of benzene rings is 1. The van der Waals surface area contributed by atoms with E-state index in [2.05, 4.69) is 10.3 Å². The minimum Gasteiger partial charge on any atom is -0.383 e. The van der Waals surface area contributed by atoms with E-state index in [1.165, 1.54) is 0 Å². The van der Waals surface area contributed by atoms with Crippen LogP contribution in [0.2, 0.25) is 0 Å². The molecule has 5 heteroatoms. The average Bonchev–Trinajstić information content (AvgIpc) is 2.61. The lowest BCUT2D eigenvalue weighted by atomic mass is 10.1. The number of rotatable bonds is 7. The largest absolute Gasteiger partial charge is 0.383 e. The predicted octanol–water partition coefficient (Wildman–Crippen LogP) is 3.00. The molecule has 0 aliphatic carbocycles. The Bertz CT molecular complexity index is 590. The van der Waals surface area contributed by atoms with Crippen LogP contribution in [0.1, 0.15) is 24.2 Å². The highest BCUT2D eigenvalue weighted by atomic mass is 16.5. The fourth-order valence-corrected chi connectivity index (χ4v) is 2.31. The van der Waals surface area contributed by atoms with Crippen molar-refractivity contribution in [3.8, 4) is 0 Å². The van der Waals surface area contributed by atoms with Gasteiger partial charge in [-0.1, -0.05) is 36.4 Å². The van der Waals surface area contributed by atoms with Crippen LogP contribution in [0, 0.1) is 0 Å². The van der Waals surface area contributed by atoms with Gasteiger partial charge in [0.2, 0.25) is 0 Å². The van der Waals surface area contributed by atoms with Gasteiger partial charge in [-0.25, -0.2) is 4.79 Å². The SMILES string of the molecule is COCCNC(=O)N(Cc1ccccc1)[C@@H](C)c1ccccn1. The second kappa shape index (κ2) is 8.90. The number of ether oxygens (including phenoxy) is 1. The smallest absolute Gasteiger partial charge is 0.318 e. The second-order valence-electron chi connectivity index (χ2n) is 5.27. The molecule has 0 unspecified atom stereocenters. The summed E-state index contributed by atoms with van der Waals surface area (Å²) in [7, 11) is 1.62. The third-order valence-electron chi connectivity index (χ3n) is 3.62. The summed E-state index contributed by atoms with van der Waals surface area (Å²) in [6.07, 6.45) is 1.75. The van der Waals surface area contributed by atoms with Crippen molar-refractivity contribution in [3.63, 3.8) is 0 Å². The van der Waals surface area contributed by atoms with E-state index in [0.717, 1.165) is 11.3 Å². The molecule has 0 aliphatic heterocycles. The van der Waals surface area contributed by atoms with Crippen LogP contribution in [-0.2, 0) is 11.3 Å². The Labute approximate surface area is 137 Å². The Kier molecular flexibility index (Phi) is 6.56. The second-order valence-corrected chi connectivity index (χ2v) is 5.27. The zero-order valence-electron chi connectivity index (χ0n) is 13.6. The Morgan fingerprint density at radius 3 is 2.61 bits per heavy atom. The van der Waals surface area contributed by atoms with Crippen molar-refractivity contribution < 1.29 is 9.53 Å². The molecule has 0 aliphatic rings. The normalized spacial score (nSPS) is 11.7. The summed E-state index contributed by atoms with van der Waals surface area (Å²) in [5.41, 5.74) is 1.95. The Morgan fingerprint density at radius 1 is 1.22 bits per heavy atom. The van der Waals surface area contributed by atoms with Crippen molar-refractivity contribution in [2.75, 3.05) is 20.3 Å². The highest BCUT2D eigenvalue weighted by Crippen LogP contribution is 2.20. The first-order valence-electron chi connectivity index (χ1n) is 7.70. The maximum atomic E-state index is 12.6. The molecule has 2 aromatic rings. The summed E-state index contributed by atoms with van der Waals surface area (Å²) in [6, 6.07) is 15.4. The van der Waals surface area contributed by atoms with Gasteiger partial charge < -0.3 is 15.0 Å². The van der Waals surface area contributed by atoms with Gasteiger partial charge in [0.1, 0.15) is 0 Å². The topological polar surface area (TPSA) is 54.5 Å². The zero-order valence-corrected chi connectivity index (χ0v) is 13.6. The summed E-state index contributed by atoms with van der Waals surface area (Å²) in [6.45, 7) is 3.48. The molecule has 1 aromatic heterocycles. The number of pyridine rings is 1. The van der Waals surface area contributed by atoms with Gasteiger partial charge >= 0.3 is 6.03 Å². The zero-order chi connectivity index (χ0) is 16.5. The average molecular weight is 313 g/mol. The molecule has 0 fully saturated rings. The highest BCUT2D eigenvalue weighted by molar-refractivity contribution is 5.74. The lowest BCUT2D eigenvalue weighted by Gasteiger charge is -2.29. The van der Waals surface area contributed by atoms with Crippen LogP contribution in [0.5, 0.6) is 0 Å². The molecule has 1 atom stereocenters. The molecule has 122 valence electrons. The molecule has 23 heavy (non-hydrogen) atoms. The summed E-state index contributed by atoms with van der Waals surface area (Å²) in [5.74, 6) is 0. The molecule has 1 aromatic carbocycles. The molecule has 1 N–H and O–H groups in total. The molecule has 2 rings (SSSR count). The van der Waals surface area contributed by atoms with E-state index in [1.807, 2.05) is 55.5 Å². The third-order valence-corrected chi connectivity index (χ3v) is 3.62. The number of carbonyl (C=O) groups excluding carboxylic acids is 1. The Morgan fingerprint density at radius 2 is 1.96 bits per heavy atom. The monoisotopic (exact) mass is 313 g/mol. The molecule has 0 saturated carbocycles. The number of nitrogens with zero attached hydrogens (tertiary/aromatic N) is 2. The standard InChI is InChI=1S/C18H23N3O2/c1-15(17-10-6-7-11-19-17)21(18(22)20-12-13-23-2)14-16-8-4-3-5-9-16/h3-11,15H,12-14H2,1-2H3,(H,20,22)/t15-/m0/s1. The molecular formula is C18H23N3O2. The van der Waals surface area contributed by atoms with Gasteiger partial charge in [0, 0.05) is 26.4 Å². The lowest BCUT2D eigenvalue weighted by molar-refractivity contribution is 0.163. The number of methoxy groups -OCH3 is 1. The maximum absolute atomic E-state index is 12.6. The van der Waals surface area contributed by atoms with Crippen LogP contribution in [0.15, 0.2) is 54.7 Å². The number of aromatic nitrogens is 1. The molecular weight excluding hydrogens is 290 g/mol. The van der Waals surface area contributed by atoms with Crippen molar-refractivity contribution in [2.45, 2.75) is 19.5 Å². The minimum absolute atomic E-state index is 0.121. The lowest BCUT2D eigenvalue weighted by Crippen LogP contribution is -2.42. The van der Waals surface area contributed by atoms with Gasteiger partial charge in [-0.05, 0) is 24.6 Å². The number of hydrogen-bond donors (Lipinski definition) is 1. The fraction of sp³-hybridized carbons (Fsp3) is 0.333. The summed E-state index contributed by atoms with van der Waals surface area (Å²) in [5, 5.41) is 2.89. The molecule has 0 spiro atoms. The van der Waals surface area contributed by atoms with E-state index in [1.54, 1.807) is 18.2 Å². The van der Waals surface area contributed by atoms with E-state index >= 15 is 0 Å². The molecule has 0 bridgehead atoms. The van der Waals surface area contributed by atoms with Crippen LogP contribution in [0.4, 0.5) is 4.79 Å². The van der Waals surface area contributed by atoms with E-state index in [-0.39, 0.29) is 12.1 Å². The Balaban J connectivity index is 2.15. The van der Waals surface area contributed by atoms with Crippen LogP contribution in [0.25, 0.3) is 0 Å². The van der Waals surface area contributed by atoms with Crippen molar-refractivity contribution in [2.24, 2.45) is 0 Å². The van der Waals surface area contributed by atoms with Gasteiger partial charge in [0.05, 0.1) is 18.3 Å². The first-order chi connectivity index (χ1) is 11.2. The van der Waals surface area contributed by atoms with E-state index in [4.69, 9.17) is 4.74 Å². The van der Waals surface area contributed by atoms with Crippen molar-refractivity contribution >= 4 is 6.03 Å². The van der Waals surface area contributed by atoms with Gasteiger partial charge in [-0.3, -0.25) is 4.98 Å². The number of hydrogen-bond acceptors (Lipinski definition) is 3. The van der Waals surface area contributed by atoms with Crippen LogP contribution >= 0.6 is 0 Å². The van der Waals surface area contributed by atoms with Gasteiger partial charge in [0.15, 0.2) is 0 Å². The number of urea groups is 1. The molecule has 2 amide bonds. The number of nitrogens with one attached hydrogen (secondary N) is 1. The van der Waals surface area contributed by atoms with Crippen LogP contribution in [0.3, 0.4) is 0 Å². The van der Waals surface area contributed by atoms with Crippen LogP contribution < -0.4 is 5.32 Å². The van der Waals surface area contributed by atoms with Crippen molar-refractivity contribution in [1.29, 1.82) is 0 Å². The van der Waals surface area contributed by atoms with Gasteiger partial charge in [-0.2, -0.15) is 0 Å². The van der Waals surface area contributed by atoms with Crippen molar-refractivity contribution in [3.05, 3.63) is 66.0 Å². The van der Waals surface area contributed by atoms with Gasteiger partial charge in [-0.15, -0.1) is 0 Å². The Hall–Kier alpha value is -2.40. The fourth-order valence-electron chi connectivity index (χ4n) is 2.31. The van der Waals surface area contributed by atoms with E-state index < -0.39 is 0 Å². The number of carbonyl (C=O) groups is 1.